The number of benzene rings is 1. The summed E-state index contributed by atoms with van der Waals surface area (Å²) in [6.07, 6.45) is 7.61. The third-order valence-corrected chi connectivity index (χ3v) is 5.37. The summed E-state index contributed by atoms with van der Waals surface area (Å²) in [5.41, 5.74) is 2.34. The largest absolute Gasteiger partial charge is 0.349 e. The first kappa shape index (κ1) is 13.8. The molecule has 2 fully saturated rings. The summed E-state index contributed by atoms with van der Waals surface area (Å²) in [6, 6.07) is 7.23. The van der Waals surface area contributed by atoms with Crippen molar-refractivity contribution >= 4 is 16.9 Å². The van der Waals surface area contributed by atoms with Crippen molar-refractivity contribution in [2.75, 3.05) is 7.05 Å². The number of H-pyrrole nitrogens is 1. The first-order valence-electron chi connectivity index (χ1n) is 8.17. The Balaban J connectivity index is 1.52. The van der Waals surface area contributed by atoms with Crippen LogP contribution in [-0.4, -0.2) is 45.9 Å². The zero-order valence-electron chi connectivity index (χ0n) is 12.9. The highest BCUT2D eigenvalue weighted by molar-refractivity contribution is 6.04. The van der Waals surface area contributed by atoms with Crippen LogP contribution in [0.4, 0.5) is 0 Å². The van der Waals surface area contributed by atoms with Crippen LogP contribution in [0.1, 0.15) is 42.5 Å². The number of amides is 1. The maximum atomic E-state index is 12.6. The van der Waals surface area contributed by atoms with Gasteiger partial charge in [-0.25, -0.2) is 4.98 Å². The predicted octanol–water partition coefficient (Wildman–Crippen LogP) is 2.31. The van der Waals surface area contributed by atoms with E-state index in [1.165, 1.54) is 19.3 Å². The van der Waals surface area contributed by atoms with Gasteiger partial charge in [0.05, 0.1) is 17.4 Å². The molecule has 2 bridgehead atoms. The van der Waals surface area contributed by atoms with Crippen molar-refractivity contribution in [3.05, 3.63) is 30.1 Å². The normalized spacial score (nSPS) is 28.7. The van der Waals surface area contributed by atoms with E-state index >= 15 is 0 Å². The second kappa shape index (κ2) is 5.39. The van der Waals surface area contributed by atoms with E-state index in [4.69, 9.17) is 0 Å². The molecule has 1 aromatic carbocycles. The van der Waals surface area contributed by atoms with Crippen LogP contribution in [0.5, 0.6) is 0 Å². The highest BCUT2D eigenvalue weighted by Crippen LogP contribution is 2.32. The number of nitrogens with one attached hydrogen (secondary N) is 2. The van der Waals surface area contributed by atoms with E-state index in [0.717, 1.165) is 23.9 Å². The number of aromatic nitrogens is 2. The van der Waals surface area contributed by atoms with E-state index < -0.39 is 0 Å². The molecule has 2 atom stereocenters. The molecule has 0 unspecified atom stereocenters. The molecule has 2 saturated heterocycles. The number of hydrogen-bond donors (Lipinski definition) is 2. The van der Waals surface area contributed by atoms with Crippen LogP contribution in [0.3, 0.4) is 0 Å². The molecule has 0 saturated carbocycles. The lowest BCUT2D eigenvalue weighted by molar-refractivity contribution is 0.0463. The molecular weight excluding hydrogens is 276 g/mol. The lowest BCUT2D eigenvalue weighted by Crippen LogP contribution is -2.55. The fraction of sp³-hybridized carbons (Fsp3) is 0.529. The Morgan fingerprint density at radius 1 is 1.32 bits per heavy atom. The summed E-state index contributed by atoms with van der Waals surface area (Å²) < 4.78 is 0. The molecule has 116 valence electrons. The molecular formula is C17H22N4O. The van der Waals surface area contributed by atoms with Crippen molar-refractivity contribution in [3.8, 4) is 0 Å². The van der Waals surface area contributed by atoms with Crippen LogP contribution < -0.4 is 5.32 Å². The van der Waals surface area contributed by atoms with Crippen LogP contribution in [-0.2, 0) is 0 Å². The third-order valence-electron chi connectivity index (χ3n) is 5.37. The third kappa shape index (κ3) is 2.29. The lowest BCUT2D eigenvalue weighted by atomic mass is 9.82. The number of fused-ring (bicyclic) bond motifs is 3. The van der Waals surface area contributed by atoms with Gasteiger partial charge in [0.2, 0.25) is 0 Å². The maximum absolute atomic E-state index is 12.6. The number of rotatable bonds is 2. The number of imidazole rings is 1. The molecule has 2 N–H and O–H groups in total. The van der Waals surface area contributed by atoms with E-state index in [9.17, 15) is 4.79 Å². The number of piperidine rings is 2. The molecule has 4 rings (SSSR count). The van der Waals surface area contributed by atoms with Crippen LogP contribution in [0.15, 0.2) is 24.5 Å². The molecule has 2 aliphatic rings. The number of carbonyl (C=O) groups is 1. The zero-order chi connectivity index (χ0) is 15.1. The van der Waals surface area contributed by atoms with Gasteiger partial charge in [-0.05, 0) is 44.9 Å². The van der Waals surface area contributed by atoms with Gasteiger partial charge in [0, 0.05) is 18.1 Å². The van der Waals surface area contributed by atoms with Gasteiger partial charge in [-0.2, -0.15) is 0 Å². The molecule has 0 radical (unpaired) electrons. The van der Waals surface area contributed by atoms with E-state index in [2.05, 4.69) is 27.2 Å². The van der Waals surface area contributed by atoms with E-state index in [1.807, 2.05) is 18.2 Å². The fourth-order valence-corrected chi connectivity index (χ4v) is 4.15. The van der Waals surface area contributed by atoms with Gasteiger partial charge in [-0.15, -0.1) is 0 Å². The molecule has 5 nitrogen and oxygen atoms in total. The van der Waals surface area contributed by atoms with Crippen molar-refractivity contribution in [1.29, 1.82) is 0 Å². The minimum atomic E-state index is 0.00493. The molecule has 0 spiro atoms. The topological polar surface area (TPSA) is 61.0 Å². The van der Waals surface area contributed by atoms with Gasteiger partial charge < -0.3 is 15.2 Å². The molecule has 0 aliphatic carbocycles. The second-order valence-electron chi connectivity index (χ2n) is 6.65. The number of carbonyl (C=O) groups excluding carboxylic acids is 1. The predicted molar refractivity (Wildman–Crippen MR) is 85.8 cm³/mol. The molecule has 5 heteroatoms. The van der Waals surface area contributed by atoms with Crippen LogP contribution >= 0.6 is 0 Å². The van der Waals surface area contributed by atoms with Gasteiger partial charge >= 0.3 is 0 Å². The first-order chi connectivity index (χ1) is 10.7. The summed E-state index contributed by atoms with van der Waals surface area (Å²) >= 11 is 0. The smallest absolute Gasteiger partial charge is 0.253 e. The summed E-state index contributed by atoms with van der Waals surface area (Å²) in [6.45, 7) is 0. The second-order valence-corrected chi connectivity index (χ2v) is 6.65. The number of aromatic amines is 1. The monoisotopic (exact) mass is 298 g/mol. The van der Waals surface area contributed by atoms with Gasteiger partial charge in [-0.1, -0.05) is 12.5 Å². The summed E-state index contributed by atoms with van der Waals surface area (Å²) in [5.74, 6) is 0.00493. The Hall–Kier alpha value is -1.88. The Labute approximate surface area is 130 Å². The first-order valence-corrected chi connectivity index (χ1v) is 8.17. The summed E-state index contributed by atoms with van der Waals surface area (Å²) in [4.78, 5) is 22.5. The van der Waals surface area contributed by atoms with Crippen LogP contribution in [0.25, 0.3) is 11.0 Å². The molecule has 22 heavy (non-hydrogen) atoms. The molecule has 1 aromatic heterocycles. The number of para-hydroxylation sites is 1. The van der Waals surface area contributed by atoms with Crippen molar-refractivity contribution in [3.63, 3.8) is 0 Å². The summed E-state index contributed by atoms with van der Waals surface area (Å²) in [7, 11) is 2.23. The fourth-order valence-electron chi connectivity index (χ4n) is 4.15. The maximum Gasteiger partial charge on any atom is 0.253 e. The highest BCUT2D eigenvalue weighted by Gasteiger charge is 2.36. The van der Waals surface area contributed by atoms with Crippen LogP contribution in [0.2, 0.25) is 0 Å². The Morgan fingerprint density at radius 2 is 2.09 bits per heavy atom. The van der Waals surface area contributed by atoms with Crippen molar-refractivity contribution in [2.45, 2.75) is 50.2 Å². The van der Waals surface area contributed by atoms with Crippen molar-refractivity contribution < 1.29 is 4.79 Å². The van der Waals surface area contributed by atoms with Gasteiger partial charge in [-0.3, -0.25) is 4.79 Å². The Kier molecular flexibility index (Phi) is 3.37. The number of nitrogens with zero attached hydrogens (tertiary/aromatic N) is 2. The van der Waals surface area contributed by atoms with E-state index in [1.54, 1.807) is 6.33 Å². The highest BCUT2D eigenvalue weighted by atomic mass is 16.1. The van der Waals surface area contributed by atoms with Crippen molar-refractivity contribution in [2.24, 2.45) is 0 Å². The Bertz CT molecular complexity index is 681. The molecule has 1 amide bonds. The van der Waals surface area contributed by atoms with Crippen LogP contribution in [0, 0.1) is 0 Å². The minimum Gasteiger partial charge on any atom is -0.349 e. The van der Waals surface area contributed by atoms with Gasteiger partial charge in [0.1, 0.15) is 5.52 Å². The van der Waals surface area contributed by atoms with E-state index in [0.29, 0.717) is 17.6 Å². The Morgan fingerprint density at radius 3 is 2.86 bits per heavy atom. The van der Waals surface area contributed by atoms with Gasteiger partial charge in [0.15, 0.2) is 0 Å². The zero-order valence-corrected chi connectivity index (χ0v) is 12.9. The van der Waals surface area contributed by atoms with Crippen molar-refractivity contribution in [1.82, 2.24) is 20.2 Å². The van der Waals surface area contributed by atoms with E-state index in [-0.39, 0.29) is 11.9 Å². The molecule has 3 heterocycles. The lowest BCUT2D eigenvalue weighted by Gasteiger charge is -2.47. The average molecular weight is 298 g/mol. The SMILES string of the molecule is CN1[C@@H]2CCC[C@@H]1CC(NC(=O)c1cccc3[nH]cnc13)C2. The average Bonchev–Trinajstić information content (AvgIpc) is 2.96. The molecule has 2 aliphatic heterocycles. The minimum absolute atomic E-state index is 0.00493. The number of hydrogen-bond acceptors (Lipinski definition) is 3. The standard InChI is InChI=1S/C17H22N4O/c1-21-12-4-2-5-13(21)9-11(8-12)20-17(22)14-6-3-7-15-16(14)19-10-18-15/h3,6-7,10-13H,2,4-5,8-9H2,1H3,(H,18,19)(H,20,22)/t12-,13-/m1/s1. The quantitative estimate of drug-likeness (QED) is 0.894. The summed E-state index contributed by atoms with van der Waals surface area (Å²) in [5, 5.41) is 3.25. The van der Waals surface area contributed by atoms with Gasteiger partial charge in [0.25, 0.3) is 5.91 Å². The molecule has 2 aromatic rings.